The summed E-state index contributed by atoms with van der Waals surface area (Å²) in [5.41, 5.74) is 11.7. The van der Waals surface area contributed by atoms with Crippen LogP contribution in [0.15, 0.2) is 81.3 Å². The first-order valence-electron chi connectivity index (χ1n) is 39.7. The molecular weight excluding hydrogens is 1870 g/mol. The number of amides is 1. The number of ether oxygens (including phenoxy) is 8. The van der Waals surface area contributed by atoms with E-state index in [9.17, 15) is 57.8 Å². The Bertz CT molecular complexity index is 5400. The van der Waals surface area contributed by atoms with Crippen LogP contribution >= 0.6 is 55.1 Å². The molecule has 0 radical (unpaired) electrons. The van der Waals surface area contributed by atoms with Crippen molar-refractivity contribution >= 4 is 125 Å². The summed E-state index contributed by atoms with van der Waals surface area (Å²) in [6.45, 7) is -1.25. The van der Waals surface area contributed by atoms with E-state index in [0.29, 0.717) is 25.7 Å². The molecule has 5 saturated heterocycles. The van der Waals surface area contributed by atoms with Crippen LogP contribution in [-0.4, -0.2) is 232 Å². The Morgan fingerprint density at radius 1 is 0.608 bits per heavy atom. The van der Waals surface area contributed by atoms with Crippen molar-refractivity contribution in [2.24, 2.45) is 22.7 Å². The van der Waals surface area contributed by atoms with Gasteiger partial charge in [-0.15, -0.1) is 0 Å². The third-order valence-electron chi connectivity index (χ3n) is 20.5. The number of aliphatic hydroxyl groups is 1. The molecule has 6 aromatic rings. The van der Waals surface area contributed by atoms with E-state index in [0.717, 1.165) is 20.2 Å². The zero-order valence-electron chi connectivity index (χ0n) is 69.6. The lowest BCUT2D eigenvalue weighted by Crippen LogP contribution is -2.38. The fourth-order valence-corrected chi connectivity index (χ4v) is 21.2. The molecular formula is C70H106BrN17O29P4S4. The summed E-state index contributed by atoms with van der Waals surface area (Å²) >= 11 is 24.8. The average Bonchev–Trinajstić information content (AvgIpc) is 1.63. The van der Waals surface area contributed by atoms with Crippen LogP contribution in [0.2, 0.25) is 0 Å². The molecule has 5 aliphatic heterocycles. The number of aromatic amines is 3. The van der Waals surface area contributed by atoms with E-state index in [-0.39, 0.29) is 140 Å². The molecule has 14 N–H and O–H groups in total. The number of aryl methyl sites for hydroxylation is 1. The number of nitrogens with two attached hydrogens (primary N) is 3. The van der Waals surface area contributed by atoms with Crippen molar-refractivity contribution < 1.29 is 103 Å². The van der Waals surface area contributed by atoms with Gasteiger partial charge >= 0.3 is 49.7 Å². The van der Waals surface area contributed by atoms with Gasteiger partial charge in [-0.05, 0) is 94.1 Å². The number of anilines is 3. The SMILES string of the molecule is Cc1cn([C@H]2CC(OP(=S)(OCCOCCOCCNC(=O)CC(C)(C)COCC(C)(C)CNC(C)C)OC[C@H]3O[C@@H](n4ccc(N)nc4=O)CC3C(C)C)[C@@H](COP(O)(=S)OC3C[C@H](n4cnc5c(=O)[nH]c(N)nc54)O[C@@H]3COP(=O)(S)OC3C[C@H](n4ccc(N)nc4=O)O[C@@H]3COP(O)(=S)OC3C[C@H](n4cc(Br)c(=O)[nH]c4=O)O[C@@H]3CO)O2)c(=O)[nH]c1=O. The molecule has 0 saturated carbocycles. The monoisotopic (exact) mass is 1980 g/mol. The number of carbonyl (C=O) groups is 1. The second-order valence-corrected chi connectivity index (χ2v) is 44.7. The Balaban J connectivity index is 0.780. The van der Waals surface area contributed by atoms with Crippen molar-refractivity contribution in [3.8, 4) is 0 Å². The molecule has 0 aromatic carbocycles. The summed E-state index contributed by atoms with van der Waals surface area (Å²) in [5, 5.41) is 16.6. The fourth-order valence-electron chi connectivity index (χ4n) is 14.3. The molecule has 9 unspecified atom stereocenters. The van der Waals surface area contributed by atoms with Gasteiger partial charge in [0.1, 0.15) is 73.3 Å². The number of imidazole rings is 1. The minimum atomic E-state index is -4.75. The lowest BCUT2D eigenvalue weighted by molar-refractivity contribution is -0.124. The number of nitrogens with zero attached hydrogens (tertiary/aromatic N) is 9. The number of halogens is 1. The summed E-state index contributed by atoms with van der Waals surface area (Å²) in [6, 6.07) is 3.11. The summed E-state index contributed by atoms with van der Waals surface area (Å²) in [5.74, 6) is -0.842. The quantitative estimate of drug-likeness (QED) is 0.0148. The van der Waals surface area contributed by atoms with Gasteiger partial charge in [0.05, 0.1) is 114 Å². The number of fused-ring (bicyclic) bond motifs is 1. The van der Waals surface area contributed by atoms with E-state index in [1.807, 2.05) is 27.7 Å². The second kappa shape index (κ2) is 43.3. The molecule has 1 amide bonds. The molecule has 0 bridgehead atoms. The largest absolute Gasteiger partial charge is 0.394 e. The first kappa shape index (κ1) is 100. The van der Waals surface area contributed by atoms with E-state index in [1.54, 1.807) is 0 Å². The zero-order valence-corrected chi connectivity index (χ0v) is 78.1. The first-order valence-corrected chi connectivity index (χ1v) is 51.0. The Hall–Kier alpha value is -5.49. The van der Waals surface area contributed by atoms with Gasteiger partial charge in [-0.3, -0.25) is 66.0 Å². The molecule has 11 rings (SSSR count). The molecule has 0 spiro atoms. The molecule has 46 nitrogen and oxygen atoms in total. The number of H-pyrrole nitrogens is 3. The van der Waals surface area contributed by atoms with Crippen LogP contribution in [0, 0.1) is 29.6 Å². The van der Waals surface area contributed by atoms with Crippen LogP contribution in [-0.2, 0) is 123 Å². The van der Waals surface area contributed by atoms with Crippen LogP contribution < -0.4 is 67.3 Å². The number of nitrogen functional groups attached to an aromatic ring is 3. The predicted molar refractivity (Wildman–Crippen MR) is 465 cm³/mol. The summed E-state index contributed by atoms with van der Waals surface area (Å²) in [7, 11) is 0. The van der Waals surface area contributed by atoms with Gasteiger partial charge < -0.3 is 112 Å². The van der Waals surface area contributed by atoms with Crippen molar-refractivity contribution in [3.63, 3.8) is 0 Å². The van der Waals surface area contributed by atoms with Gasteiger partial charge in [0.2, 0.25) is 11.9 Å². The van der Waals surface area contributed by atoms with Gasteiger partial charge in [-0.25, -0.2) is 28.7 Å². The molecule has 6 aromatic heterocycles. The third-order valence-corrected chi connectivity index (χ3v) is 28.3. The third kappa shape index (κ3) is 27.8. The number of nitrogens with one attached hydrogen (secondary N) is 5. The van der Waals surface area contributed by atoms with Crippen molar-refractivity contribution in [1.29, 1.82) is 0 Å². The van der Waals surface area contributed by atoms with E-state index in [4.69, 9.17) is 131 Å². The van der Waals surface area contributed by atoms with Gasteiger partial charge in [0, 0.05) is 87.0 Å². The standard InChI is InChI=1S/C70H106BrN17O29P4S4/c1-37(2)40-20-54(84-13-10-51(72)78-65(84)94)110-47(40)29-108-121(125,104-19-18-102-17-16-101-15-12-75-53(90)25-69(6,7)34-103-35-70(8,9)33-76-38(3)4)117-45-24-56(86-26-39(5)61(91)82-67(86)96)112-50(45)32-107-120(100,124)116-44-23-58(88-36-77-59-60(88)80-64(74)81-63(59)93)113-49(44)31-106-119(99,123)115-43-22-55(85-14-11-52(73)79-66(85)95)111-48(43)30-105-118(98,122)114-42-21-57(109-46(42)28-89)87-27-41(71)62(92)83-68(87)97/h10-11,13-14,26-27,36-38,40,42-50,54-58,76,89H,12,15-25,28-35H2,1-9H3,(H,75,90)(H,98,122)(H,99,123)(H,100,124)(H2,72,78,94)(H2,73,79,95)(H,82,91,96)(H,83,92,97)(H3,74,80,81,93)/t40?,42?,43?,44?,45?,46-,47-,48-,49-,50-,54-,55-,56-,57-,58-,118?,119?,120?,121?/m1/s1. The number of hydrogen-bond donors (Lipinski definition) is 12. The highest BCUT2D eigenvalue weighted by molar-refractivity contribution is 9.10. The molecule has 11 heterocycles. The Kier molecular flexibility index (Phi) is 34.6. The highest BCUT2D eigenvalue weighted by atomic mass is 79.9. The maximum absolute atomic E-state index is 14.8. The predicted octanol–water partition coefficient (Wildman–Crippen LogP) is 3.18. The summed E-state index contributed by atoms with van der Waals surface area (Å²) in [4.78, 5) is 151. The lowest BCUT2D eigenvalue weighted by atomic mass is 9.89. The van der Waals surface area contributed by atoms with Crippen molar-refractivity contribution in [2.45, 2.75) is 193 Å². The Morgan fingerprint density at radius 2 is 1.10 bits per heavy atom. The molecule has 5 aliphatic rings. The molecule has 19 atom stereocenters. The van der Waals surface area contributed by atoms with Crippen LogP contribution in [0.25, 0.3) is 11.2 Å². The van der Waals surface area contributed by atoms with Crippen LogP contribution in [0.4, 0.5) is 17.6 Å². The highest BCUT2D eigenvalue weighted by Crippen LogP contribution is 2.59. The van der Waals surface area contributed by atoms with E-state index in [1.165, 1.54) is 59.3 Å². The maximum atomic E-state index is 14.8. The molecule has 5 fully saturated rings. The van der Waals surface area contributed by atoms with Crippen LogP contribution in [0.5, 0.6) is 0 Å². The fraction of sp³-hybridized carbons (Fsp3) is 0.686. The number of aliphatic hydroxyl groups excluding tert-OH is 1. The van der Waals surface area contributed by atoms with E-state index in [2.05, 4.69) is 101 Å². The topological polar surface area (TPSA) is 597 Å². The molecule has 0 aliphatic carbocycles. The van der Waals surface area contributed by atoms with Gasteiger partial charge in [-0.2, -0.15) is 15.0 Å². The van der Waals surface area contributed by atoms with Crippen molar-refractivity contribution in [1.82, 2.24) is 68.4 Å². The highest BCUT2D eigenvalue weighted by Gasteiger charge is 2.50. The number of rotatable bonds is 46. The number of carbonyl (C=O) groups excluding carboxylic acids is 1. The Labute approximate surface area is 743 Å². The molecule has 55 heteroatoms. The smallest absolute Gasteiger partial charge is 0.386 e. The number of aromatic nitrogens is 12. The van der Waals surface area contributed by atoms with Gasteiger partial charge in [-0.1, -0.05) is 67.6 Å². The summed E-state index contributed by atoms with van der Waals surface area (Å²) < 4.78 is 126. The van der Waals surface area contributed by atoms with Gasteiger partial charge in [0.15, 0.2) is 11.2 Å². The molecule has 696 valence electrons. The Morgan fingerprint density at radius 3 is 1.67 bits per heavy atom. The van der Waals surface area contributed by atoms with Crippen LogP contribution in [0.1, 0.15) is 131 Å². The van der Waals surface area contributed by atoms with Crippen molar-refractivity contribution in [2.75, 3.05) is 110 Å². The van der Waals surface area contributed by atoms with E-state index < -0.39 is 184 Å². The number of thiol groups is 1. The lowest BCUT2D eigenvalue weighted by Gasteiger charge is -2.30. The van der Waals surface area contributed by atoms with Crippen molar-refractivity contribution in [3.05, 3.63) is 126 Å². The zero-order chi connectivity index (χ0) is 90.8. The summed E-state index contributed by atoms with van der Waals surface area (Å²) in [6.07, 6.45) is -11.0. The number of hydrogen-bond acceptors (Lipinski definition) is 38. The maximum Gasteiger partial charge on any atom is 0.386 e. The first-order chi connectivity index (χ1) is 58.8. The van der Waals surface area contributed by atoms with Gasteiger partial charge in [0.25, 0.3) is 16.7 Å². The average molecular weight is 1980 g/mol. The normalized spacial score (nSPS) is 26.3. The second-order valence-electron chi connectivity index (χ2n) is 32.4. The minimum Gasteiger partial charge on any atom is -0.394 e. The van der Waals surface area contributed by atoms with E-state index >= 15 is 0 Å². The molecule has 125 heavy (non-hydrogen) atoms. The minimum absolute atomic E-state index is 0.0135. The van der Waals surface area contributed by atoms with Crippen LogP contribution in [0.3, 0.4) is 0 Å².